The van der Waals surface area contributed by atoms with E-state index in [9.17, 15) is 9.18 Å². The average Bonchev–Trinajstić information content (AvgIpc) is 2.82. The van der Waals surface area contributed by atoms with Crippen LogP contribution in [0.5, 0.6) is 0 Å². The molecule has 0 aliphatic rings. The molecule has 0 bridgehead atoms. The smallest absolute Gasteiger partial charge is 0.229 e. The predicted molar refractivity (Wildman–Crippen MR) is 87.0 cm³/mol. The number of hydrogen-bond acceptors (Lipinski definition) is 3. The van der Waals surface area contributed by atoms with E-state index < -0.39 is 0 Å². The molecule has 0 radical (unpaired) electrons. The van der Waals surface area contributed by atoms with E-state index in [-0.39, 0.29) is 22.4 Å². The Kier molecular flexibility index (Phi) is 5.42. The fourth-order valence-electron chi connectivity index (χ4n) is 2.29. The molecular weight excluding hydrogens is 319 g/mol. The highest BCUT2D eigenvalue weighted by atomic mass is 35.5. The summed E-state index contributed by atoms with van der Waals surface area (Å²) in [5.74, 6) is -0.341. The van der Waals surface area contributed by atoms with Crippen molar-refractivity contribution in [2.45, 2.75) is 39.0 Å². The van der Waals surface area contributed by atoms with E-state index in [1.165, 1.54) is 12.1 Å². The van der Waals surface area contributed by atoms with Gasteiger partial charge in [0.25, 0.3) is 0 Å². The van der Waals surface area contributed by atoms with Crippen LogP contribution in [-0.2, 0) is 16.6 Å². The first-order valence-electron chi connectivity index (χ1n) is 7.43. The van der Waals surface area contributed by atoms with Crippen LogP contribution >= 0.6 is 11.6 Å². The minimum atomic E-state index is -0.284. The maximum atomic E-state index is 13.0. The summed E-state index contributed by atoms with van der Waals surface area (Å²) in [6.45, 7) is 6.26. The van der Waals surface area contributed by atoms with E-state index in [2.05, 4.69) is 10.5 Å². The Morgan fingerprint density at radius 3 is 2.57 bits per heavy atom. The lowest BCUT2D eigenvalue weighted by molar-refractivity contribution is -0.121. The summed E-state index contributed by atoms with van der Waals surface area (Å²) in [6, 6.07) is 6.33. The van der Waals surface area contributed by atoms with Crippen LogP contribution in [0.4, 0.5) is 4.39 Å². The van der Waals surface area contributed by atoms with Crippen molar-refractivity contribution in [2.75, 3.05) is 6.54 Å². The van der Waals surface area contributed by atoms with Gasteiger partial charge in [0.15, 0.2) is 0 Å². The van der Waals surface area contributed by atoms with Crippen molar-refractivity contribution >= 4 is 17.5 Å². The van der Waals surface area contributed by atoms with Crippen molar-refractivity contribution in [3.63, 3.8) is 0 Å². The zero-order chi connectivity index (χ0) is 17.0. The highest BCUT2D eigenvalue weighted by Gasteiger charge is 2.21. The third-order valence-electron chi connectivity index (χ3n) is 3.89. The lowest BCUT2D eigenvalue weighted by Crippen LogP contribution is -2.36. The summed E-state index contributed by atoms with van der Waals surface area (Å²) in [5, 5.41) is 6.91. The minimum Gasteiger partial charge on any atom is -0.355 e. The highest BCUT2D eigenvalue weighted by Crippen LogP contribution is 2.23. The molecule has 0 atom stereocenters. The van der Waals surface area contributed by atoms with Gasteiger partial charge in [-0.25, -0.2) is 4.39 Å². The quantitative estimate of drug-likeness (QED) is 0.871. The molecule has 124 valence electrons. The first-order chi connectivity index (χ1) is 10.8. The Bertz CT molecular complexity index is 661. The predicted octanol–water partition coefficient (Wildman–Crippen LogP) is 3.80. The molecule has 0 saturated heterocycles. The van der Waals surface area contributed by atoms with Crippen molar-refractivity contribution in [1.82, 2.24) is 10.5 Å². The van der Waals surface area contributed by atoms with Gasteiger partial charge in [-0.2, -0.15) is 0 Å². The second-order valence-corrected chi connectivity index (χ2v) is 6.53. The SMILES string of the molecule is Cc1noc(Cl)c1CCC(=O)NCC(C)(C)c1ccc(F)cc1. The Morgan fingerprint density at radius 1 is 1.35 bits per heavy atom. The molecule has 0 aliphatic heterocycles. The van der Waals surface area contributed by atoms with Gasteiger partial charge in [-0.15, -0.1) is 0 Å². The molecule has 0 aliphatic carbocycles. The van der Waals surface area contributed by atoms with E-state index in [1.807, 2.05) is 13.8 Å². The monoisotopic (exact) mass is 338 g/mol. The van der Waals surface area contributed by atoms with Crippen molar-refractivity contribution in [3.05, 3.63) is 52.1 Å². The number of carbonyl (C=O) groups excluding carboxylic acids is 1. The number of aryl methyl sites for hydroxylation is 1. The molecule has 1 heterocycles. The molecule has 4 nitrogen and oxygen atoms in total. The Morgan fingerprint density at radius 2 is 2.00 bits per heavy atom. The van der Waals surface area contributed by atoms with Gasteiger partial charge in [0.2, 0.25) is 11.1 Å². The fourth-order valence-corrected chi connectivity index (χ4v) is 2.56. The standard InChI is InChI=1S/C17H20ClFN2O2/c1-11-14(16(18)23-21-11)8-9-15(22)20-10-17(2,3)12-4-6-13(19)7-5-12/h4-7H,8-10H2,1-3H3,(H,20,22). The average molecular weight is 339 g/mol. The molecule has 0 saturated carbocycles. The number of benzene rings is 1. The molecule has 1 aromatic carbocycles. The lowest BCUT2D eigenvalue weighted by atomic mass is 9.84. The van der Waals surface area contributed by atoms with E-state index in [4.69, 9.17) is 16.1 Å². The normalized spacial score (nSPS) is 11.5. The van der Waals surface area contributed by atoms with Crippen LogP contribution < -0.4 is 5.32 Å². The van der Waals surface area contributed by atoms with Crippen LogP contribution in [0, 0.1) is 12.7 Å². The maximum absolute atomic E-state index is 13.0. The number of nitrogens with zero attached hydrogens (tertiary/aromatic N) is 1. The Balaban J connectivity index is 1.87. The number of aromatic nitrogens is 1. The topological polar surface area (TPSA) is 55.1 Å². The van der Waals surface area contributed by atoms with Gasteiger partial charge in [-0.3, -0.25) is 4.79 Å². The van der Waals surface area contributed by atoms with Gasteiger partial charge in [-0.1, -0.05) is 31.1 Å². The Labute approximate surface area is 140 Å². The molecule has 0 unspecified atom stereocenters. The summed E-state index contributed by atoms with van der Waals surface area (Å²) in [6.07, 6.45) is 0.790. The summed E-state index contributed by atoms with van der Waals surface area (Å²) in [4.78, 5) is 12.0. The fraction of sp³-hybridized carbons (Fsp3) is 0.412. The van der Waals surface area contributed by atoms with Crippen LogP contribution in [0.2, 0.25) is 5.22 Å². The van der Waals surface area contributed by atoms with E-state index in [1.54, 1.807) is 19.1 Å². The number of rotatable bonds is 6. The van der Waals surface area contributed by atoms with Crippen molar-refractivity contribution in [3.8, 4) is 0 Å². The van der Waals surface area contributed by atoms with Crippen LogP contribution in [0.3, 0.4) is 0 Å². The van der Waals surface area contributed by atoms with Crippen molar-refractivity contribution in [1.29, 1.82) is 0 Å². The molecule has 0 spiro atoms. The lowest BCUT2D eigenvalue weighted by Gasteiger charge is -2.25. The first kappa shape index (κ1) is 17.5. The number of amides is 1. The number of nitrogens with one attached hydrogen (secondary N) is 1. The van der Waals surface area contributed by atoms with Crippen LogP contribution in [-0.4, -0.2) is 17.6 Å². The summed E-state index contributed by atoms with van der Waals surface area (Å²) < 4.78 is 17.9. The van der Waals surface area contributed by atoms with Crippen molar-refractivity contribution < 1.29 is 13.7 Å². The minimum absolute atomic E-state index is 0.0724. The van der Waals surface area contributed by atoms with Gasteiger partial charge in [0.05, 0.1) is 5.69 Å². The van der Waals surface area contributed by atoms with Gasteiger partial charge in [0, 0.05) is 23.9 Å². The van der Waals surface area contributed by atoms with Crippen LogP contribution in [0.25, 0.3) is 0 Å². The number of hydrogen-bond donors (Lipinski definition) is 1. The number of carbonyl (C=O) groups is 1. The van der Waals surface area contributed by atoms with Crippen LogP contribution in [0.15, 0.2) is 28.8 Å². The van der Waals surface area contributed by atoms with Gasteiger partial charge in [0.1, 0.15) is 5.82 Å². The zero-order valence-electron chi connectivity index (χ0n) is 13.5. The van der Waals surface area contributed by atoms with E-state index in [0.717, 1.165) is 11.1 Å². The van der Waals surface area contributed by atoms with Gasteiger partial charge < -0.3 is 9.84 Å². The zero-order valence-corrected chi connectivity index (χ0v) is 14.2. The second-order valence-electron chi connectivity index (χ2n) is 6.19. The molecule has 6 heteroatoms. The van der Waals surface area contributed by atoms with Gasteiger partial charge >= 0.3 is 0 Å². The number of halogens is 2. The van der Waals surface area contributed by atoms with Crippen molar-refractivity contribution in [2.24, 2.45) is 0 Å². The van der Waals surface area contributed by atoms with Gasteiger partial charge in [-0.05, 0) is 42.6 Å². The molecule has 2 aromatic rings. The maximum Gasteiger partial charge on any atom is 0.229 e. The molecule has 2 rings (SSSR count). The molecule has 1 amide bonds. The molecule has 0 fully saturated rings. The largest absolute Gasteiger partial charge is 0.355 e. The third-order valence-corrected chi connectivity index (χ3v) is 4.19. The molecule has 1 N–H and O–H groups in total. The highest BCUT2D eigenvalue weighted by molar-refractivity contribution is 6.29. The van der Waals surface area contributed by atoms with E-state index >= 15 is 0 Å². The second kappa shape index (κ2) is 7.13. The summed E-state index contributed by atoms with van der Waals surface area (Å²) >= 11 is 5.88. The first-order valence-corrected chi connectivity index (χ1v) is 7.81. The van der Waals surface area contributed by atoms with E-state index in [0.29, 0.717) is 25.1 Å². The summed E-state index contributed by atoms with van der Waals surface area (Å²) in [5.41, 5.74) is 2.15. The third kappa shape index (κ3) is 4.55. The Hall–Kier alpha value is -1.88. The summed E-state index contributed by atoms with van der Waals surface area (Å²) in [7, 11) is 0. The molecule has 23 heavy (non-hydrogen) atoms. The molecular formula is C17H20ClFN2O2. The van der Waals surface area contributed by atoms with Crippen LogP contribution in [0.1, 0.15) is 37.1 Å². The molecule has 1 aromatic heterocycles.